The zero-order chi connectivity index (χ0) is 14.1. The molecule has 5 heteroatoms. The predicted molar refractivity (Wildman–Crippen MR) is 73.9 cm³/mol. The van der Waals surface area contributed by atoms with Gasteiger partial charge in [0.2, 0.25) is 0 Å². The van der Waals surface area contributed by atoms with E-state index >= 15 is 0 Å². The van der Waals surface area contributed by atoms with Gasteiger partial charge in [-0.15, -0.1) is 0 Å². The van der Waals surface area contributed by atoms with Crippen LogP contribution in [-0.2, 0) is 6.54 Å². The van der Waals surface area contributed by atoms with Crippen molar-refractivity contribution in [3.8, 4) is 0 Å². The molecule has 0 amide bonds. The van der Waals surface area contributed by atoms with Crippen molar-refractivity contribution >= 4 is 0 Å². The molecular weight excluding hydrogens is 260 g/mol. The van der Waals surface area contributed by atoms with Crippen LogP contribution >= 0.6 is 0 Å². The van der Waals surface area contributed by atoms with E-state index in [0.717, 1.165) is 25.1 Å². The van der Waals surface area contributed by atoms with Gasteiger partial charge in [0.15, 0.2) is 11.6 Å². The fourth-order valence-electron chi connectivity index (χ4n) is 3.41. The van der Waals surface area contributed by atoms with Crippen LogP contribution in [0.2, 0.25) is 0 Å². The van der Waals surface area contributed by atoms with Crippen LogP contribution in [0, 0.1) is 17.6 Å². The first kappa shape index (κ1) is 13.9. The molecule has 0 bridgehead atoms. The summed E-state index contributed by atoms with van der Waals surface area (Å²) in [7, 11) is 0. The van der Waals surface area contributed by atoms with E-state index < -0.39 is 11.6 Å². The Morgan fingerprint density at radius 3 is 2.85 bits per heavy atom. The first-order valence-corrected chi connectivity index (χ1v) is 7.31. The van der Waals surface area contributed by atoms with E-state index in [9.17, 15) is 8.78 Å². The number of likely N-dealkylation sites (tertiary alicyclic amines) is 1. The predicted octanol–water partition coefficient (Wildman–Crippen LogP) is 2.04. The van der Waals surface area contributed by atoms with Crippen LogP contribution in [-0.4, -0.2) is 30.1 Å². The maximum atomic E-state index is 13.3. The maximum absolute atomic E-state index is 13.3. The molecule has 110 valence electrons. The average Bonchev–Trinajstić information content (AvgIpc) is 3.02. The van der Waals surface area contributed by atoms with Gasteiger partial charge < -0.3 is 0 Å². The fourth-order valence-corrected chi connectivity index (χ4v) is 3.41. The molecule has 3 atom stereocenters. The van der Waals surface area contributed by atoms with E-state index in [1.807, 2.05) is 0 Å². The highest BCUT2D eigenvalue weighted by Crippen LogP contribution is 2.27. The number of nitrogens with one attached hydrogen (secondary N) is 2. The van der Waals surface area contributed by atoms with Gasteiger partial charge in [0.05, 0.1) is 0 Å². The maximum Gasteiger partial charge on any atom is 0.159 e. The third-order valence-electron chi connectivity index (χ3n) is 4.50. The van der Waals surface area contributed by atoms with Crippen LogP contribution in [0.1, 0.15) is 25.3 Å². The van der Waals surface area contributed by atoms with Crippen molar-refractivity contribution in [2.24, 2.45) is 5.92 Å². The third-order valence-corrected chi connectivity index (χ3v) is 4.50. The van der Waals surface area contributed by atoms with Gasteiger partial charge in [-0.2, -0.15) is 0 Å². The second-order valence-corrected chi connectivity index (χ2v) is 5.96. The molecule has 0 saturated carbocycles. The summed E-state index contributed by atoms with van der Waals surface area (Å²) in [6.07, 6.45) is 2.33. The van der Waals surface area contributed by atoms with Crippen molar-refractivity contribution in [2.75, 3.05) is 13.1 Å². The summed E-state index contributed by atoms with van der Waals surface area (Å²) in [5.74, 6) is -0.945. The number of hydrazine groups is 1. The number of hydrogen-bond acceptors (Lipinski definition) is 3. The molecule has 0 radical (unpaired) electrons. The molecule has 2 saturated heterocycles. The summed E-state index contributed by atoms with van der Waals surface area (Å²) in [6.45, 7) is 4.94. The second-order valence-electron chi connectivity index (χ2n) is 5.96. The highest BCUT2D eigenvalue weighted by atomic mass is 19.2. The standard InChI is InChI=1S/C15H21F2N3/c1-10-8-18-19-15(10)14-3-2-6-20(14)9-11-4-5-12(16)13(17)7-11/h4-5,7,10,14-15,18-19H,2-3,6,8-9H2,1H3. The van der Waals surface area contributed by atoms with Crippen molar-refractivity contribution in [2.45, 2.75) is 38.4 Å². The molecule has 0 aromatic heterocycles. The van der Waals surface area contributed by atoms with E-state index in [1.54, 1.807) is 6.07 Å². The number of halogens is 2. The summed E-state index contributed by atoms with van der Waals surface area (Å²) < 4.78 is 26.3. The van der Waals surface area contributed by atoms with Gasteiger partial charge in [-0.1, -0.05) is 13.0 Å². The van der Waals surface area contributed by atoms with Crippen LogP contribution < -0.4 is 10.9 Å². The van der Waals surface area contributed by atoms with Gasteiger partial charge in [-0.05, 0) is 43.0 Å². The zero-order valence-electron chi connectivity index (χ0n) is 11.7. The Hall–Kier alpha value is -1.04. The number of hydrogen-bond donors (Lipinski definition) is 2. The molecule has 1 aromatic carbocycles. The van der Waals surface area contributed by atoms with E-state index in [2.05, 4.69) is 22.7 Å². The van der Waals surface area contributed by atoms with E-state index in [4.69, 9.17) is 0 Å². The smallest absolute Gasteiger partial charge is 0.159 e. The molecule has 0 aliphatic carbocycles. The average molecular weight is 281 g/mol. The van der Waals surface area contributed by atoms with Gasteiger partial charge in [0.1, 0.15) is 0 Å². The molecule has 2 aliphatic rings. The van der Waals surface area contributed by atoms with Crippen LogP contribution in [0.5, 0.6) is 0 Å². The highest BCUT2D eigenvalue weighted by molar-refractivity contribution is 5.18. The van der Waals surface area contributed by atoms with Crippen LogP contribution in [0.4, 0.5) is 8.78 Å². The van der Waals surface area contributed by atoms with Gasteiger partial charge in [0.25, 0.3) is 0 Å². The number of nitrogens with zero attached hydrogens (tertiary/aromatic N) is 1. The summed E-state index contributed by atoms with van der Waals surface area (Å²) in [5.41, 5.74) is 7.41. The molecule has 2 N–H and O–H groups in total. The molecule has 2 aliphatic heterocycles. The third kappa shape index (κ3) is 2.71. The van der Waals surface area contributed by atoms with Crippen molar-refractivity contribution in [1.29, 1.82) is 0 Å². The van der Waals surface area contributed by atoms with Gasteiger partial charge in [-0.25, -0.2) is 8.78 Å². The minimum absolute atomic E-state index is 0.433. The van der Waals surface area contributed by atoms with Gasteiger partial charge in [0, 0.05) is 25.2 Å². The normalized spacial score (nSPS) is 31.1. The zero-order valence-corrected chi connectivity index (χ0v) is 11.7. The van der Waals surface area contributed by atoms with Crippen molar-refractivity contribution < 1.29 is 8.78 Å². The van der Waals surface area contributed by atoms with E-state index in [1.165, 1.54) is 18.6 Å². The lowest BCUT2D eigenvalue weighted by Crippen LogP contribution is -2.47. The topological polar surface area (TPSA) is 27.3 Å². The highest BCUT2D eigenvalue weighted by Gasteiger charge is 2.36. The SMILES string of the molecule is CC1CNNC1C1CCCN1Cc1ccc(F)c(F)c1. The van der Waals surface area contributed by atoms with Crippen LogP contribution in [0.15, 0.2) is 18.2 Å². The minimum atomic E-state index is -0.776. The molecule has 2 fully saturated rings. The van der Waals surface area contributed by atoms with Gasteiger partial charge in [-0.3, -0.25) is 15.8 Å². The largest absolute Gasteiger partial charge is 0.295 e. The van der Waals surface area contributed by atoms with E-state index in [-0.39, 0.29) is 0 Å². The Bertz CT molecular complexity index is 480. The summed E-state index contributed by atoms with van der Waals surface area (Å²) in [6, 6.07) is 5.11. The Morgan fingerprint density at radius 1 is 1.30 bits per heavy atom. The molecule has 3 rings (SSSR count). The molecule has 3 nitrogen and oxygen atoms in total. The molecule has 1 aromatic rings. The first-order chi connectivity index (χ1) is 9.65. The minimum Gasteiger partial charge on any atom is -0.295 e. The molecular formula is C15H21F2N3. The van der Waals surface area contributed by atoms with Crippen LogP contribution in [0.3, 0.4) is 0 Å². The van der Waals surface area contributed by atoms with Gasteiger partial charge >= 0.3 is 0 Å². The summed E-state index contributed by atoms with van der Waals surface area (Å²) >= 11 is 0. The molecule has 20 heavy (non-hydrogen) atoms. The lowest BCUT2D eigenvalue weighted by molar-refractivity contribution is 0.187. The van der Waals surface area contributed by atoms with Crippen molar-refractivity contribution in [3.63, 3.8) is 0 Å². The van der Waals surface area contributed by atoms with E-state index in [0.29, 0.717) is 24.5 Å². The Morgan fingerprint density at radius 2 is 2.15 bits per heavy atom. The van der Waals surface area contributed by atoms with Crippen molar-refractivity contribution in [3.05, 3.63) is 35.4 Å². The number of rotatable bonds is 3. The lowest BCUT2D eigenvalue weighted by atomic mass is 9.95. The molecule has 3 unspecified atom stereocenters. The van der Waals surface area contributed by atoms with Crippen molar-refractivity contribution in [1.82, 2.24) is 15.8 Å². The quantitative estimate of drug-likeness (QED) is 0.888. The second kappa shape index (κ2) is 5.76. The lowest BCUT2D eigenvalue weighted by Gasteiger charge is -2.31. The van der Waals surface area contributed by atoms with Crippen LogP contribution in [0.25, 0.3) is 0 Å². The Kier molecular flexibility index (Phi) is 4.01. The molecule has 0 spiro atoms. The number of benzene rings is 1. The first-order valence-electron chi connectivity index (χ1n) is 7.31. The summed E-state index contributed by atoms with van der Waals surface area (Å²) in [5, 5.41) is 0. The monoisotopic (exact) mass is 281 g/mol. The summed E-state index contributed by atoms with van der Waals surface area (Å²) in [4.78, 5) is 2.38. The Labute approximate surface area is 118 Å². The Balaban J connectivity index is 1.70. The molecule has 2 heterocycles. The fraction of sp³-hybridized carbons (Fsp3) is 0.600.